The van der Waals surface area contributed by atoms with Crippen LogP contribution in [0.4, 0.5) is 5.69 Å². The smallest absolute Gasteiger partial charge is 0.268 e. The first-order valence-corrected chi connectivity index (χ1v) is 10.1. The summed E-state index contributed by atoms with van der Waals surface area (Å²) in [6.45, 7) is 6.54. The molecule has 1 unspecified atom stereocenters. The Bertz CT molecular complexity index is 864. The van der Waals surface area contributed by atoms with Crippen molar-refractivity contribution in [3.63, 3.8) is 0 Å². The van der Waals surface area contributed by atoms with E-state index >= 15 is 0 Å². The molecule has 0 saturated carbocycles. The van der Waals surface area contributed by atoms with Crippen LogP contribution in [-0.2, 0) is 17.8 Å². The number of amides is 1. The molecule has 0 saturated heterocycles. The highest BCUT2D eigenvalue weighted by Crippen LogP contribution is 2.34. The molecule has 1 atom stereocenters. The Morgan fingerprint density at radius 1 is 1.44 bits per heavy atom. The van der Waals surface area contributed by atoms with Crippen LogP contribution in [0.2, 0.25) is 0 Å². The maximum Gasteiger partial charge on any atom is 0.268 e. The van der Waals surface area contributed by atoms with Crippen LogP contribution >= 0.6 is 23.5 Å². The topological polar surface area (TPSA) is 64.0 Å². The third-order valence-electron chi connectivity index (χ3n) is 4.03. The second-order valence-electron chi connectivity index (χ2n) is 6.00. The lowest BCUT2D eigenvalue weighted by Crippen LogP contribution is -2.25. The third kappa shape index (κ3) is 3.93. The minimum absolute atomic E-state index is 0.0173. The Hall–Kier alpha value is -1.73. The highest BCUT2D eigenvalue weighted by atomic mass is 32.2. The Morgan fingerprint density at radius 2 is 2.20 bits per heavy atom. The number of nitrogens with one attached hydrogen (secondary N) is 1. The molecule has 0 spiro atoms. The molecule has 2 aromatic rings. The van der Waals surface area contributed by atoms with Crippen LogP contribution in [0.25, 0.3) is 0 Å². The van der Waals surface area contributed by atoms with Crippen LogP contribution in [0.3, 0.4) is 0 Å². The van der Waals surface area contributed by atoms with Crippen LogP contribution in [-0.4, -0.2) is 26.5 Å². The number of rotatable bonds is 5. The number of hydrogen-bond acceptors (Lipinski definition) is 5. The predicted molar refractivity (Wildman–Crippen MR) is 104 cm³/mol. The lowest BCUT2D eigenvalue weighted by atomic mass is 10.2. The Kier molecular flexibility index (Phi) is 5.54. The number of aryl methyl sites for hydroxylation is 1. The van der Waals surface area contributed by atoms with Crippen LogP contribution in [0.5, 0.6) is 0 Å². The molecule has 3 rings (SSSR count). The SMILES string of the molecule is CCn1c(SCC(=O)Nc2ccccc2C)nc2c(c1=O)SC(C)C2. The molecule has 2 heterocycles. The molecule has 1 N–H and O–H groups in total. The van der Waals surface area contributed by atoms with E-state index < -0.39 is 0 Å². The lowest BCUT2D eigenvalue weighted by Gasteiger charge is -2.12. The number of hydrogen-bond donors (Lipinski definition) is 1. The van der Waals surface area contributed by atoms with E-state index in [1.807, 2.05) is 38.1 Å². The normalized spacial score (nSPS) is 15.9. The van der Waals surface area contributed by atoms with Gasteiger partial charge in [-0.2, -0.15) is 0 Å². The molecule has 0 bridgehead atoms. The van der Waals surface area contributed by atoms with Crippen molar-refractivity contribution in [1.82, 2.24) is 9.55 Å². The van der Waals surface area contributed by atoms with E-state index in [-0.39, 0.29) is 17.2 Å². The standard InChI is InChI=1S/C18H21N3O2S2/c1-4-21-17(23)16-14(9-12(3)25-16)20-18(21)24-10-15(22)19-13-8-6-5-7-11(13)2/h5-8,12H,4,9-10H2,1-3H3,(H,19,22). The number of carbonyl (C=O) groups is 1. The number of thioether (sulfide) groups is 2. The first-order chi connectivity index (χ1) is 12.0. The first-order valence-electron chi connectivity index (χ1n) is 8.28. The van der Waals surface area contributed by atoms with Crippen molar-refractivity contribution in [3.05, 3.63) is 45.9 Å². The highest BCUT2D eigenvalue weighted by Gasteiger charge is 2.26. The molecule has 5 nitrogen and oxygen atoms in total. The molecule has 1 aliphatic rings. The summed E-state index contributed by atoms with van der Waals surface area (Å²) in [5, 5.41) is 3.92. The van der Waals surface area contributed by atoms with Gasteiger partial charge in [-0.15, -0.1) is 11.8 Å². The van der Waals surface area contributed by atoms with Crippen molar-refractivity contribution in [2.45, 2.75) is 49.0 Å². The van der Waals surface area contributed by atoms with Crippen molar-refractivity contribution in [3.8, 4) is 0 Å². The summed E-state index contributed by atoms with van der Waals surface area (Å²) >= 11 is 2.92. The van der Waals surface area contributed by atoms with Crippen molar-refractivity contribution >= 4 is 35.1 Å². The molecule has 1 aromatic heterocycles. The zero-order valence-corrected chi connectivity index (χ0v) is 16.2. The second kappa shape index (κ2) is 7.66. The van der Waals surface area contributed by atoms with Gasteiger partial charge in [-0.05, 0) is 25.5 Å². The van der Waals surface area contributed by atoms with Gasteiger partial charge in [0.15, 0.2) is 5.16 Å². The summed E-state index contributed by atoms with van der Waals surface area (Å²) in [6, 6.07) is 7.67. The maximum absolute atomic E-state index is 12.6. The van der Waals surface area contributed by atoms with Crippen LogP contribution < -0.4 is 10.9 Å². The molecule has 0 fully saturated rings. The Morgan fingerprint density at radius 3 is 2.92 bits per heavy atom. The molecular formula is C18H21N3O2S2. The van der Waals surface area contributed by atoms with E-state index in [0.29, 0.717) is 17.0 Å². The molecule has 0 radical (unpaired) electrons. The summed E-state index contributed by atoms with van der Waals surface area (Å²) in [5.74, 6) is 0.127. The summed E-state index contributed by atoms with van der Waals surface area (Å²) in [5.41, 5.74) is 2.72. The molecule has 7 heteroatoms. The quantitative estimate of drug-likeness (QED) is 0.641. The number of benzene rings is 1. The number of aromatic nitrogens is 2. The van der Waals surface area contributed by atoms with Gasteiger partial charge in [0.25, 0.3) is 5.56 Å². The van der Waals surface area contributed by atoms with Gasteiger partial charge in [-0.25, -0.2) is 4.98 Å². The average molecular weight is 376 g/mol. The van der Waals surface area contributed by atoms with E-state index in [1.165, 1.54) is 11.8 Å². The highest BCUT2D eigenvalue weighted by molar-refractivity contribution is 8.00. The number of para-hydroxylation sites is 1. The maximum atomic E-state index is 12.6. The molecule has 25 heavy (non-hydrogen) atoms. The van der Waals surface area contributed by atoms with Gasteiger partial charge in [0, 0.05) is 23.9 Å². The van der Waals surface area contributed by atoms with Crippen LogP contribution in [0, 0.1) is 6.92 Å². The fraction of sp³-hybridized carbons (Fsp3) is 0.389. The Labute approximate surface area is 155 Å². The van der Waals surface area contributed by atoms with Gasteiger partial charge in [0.1, 0.15) is 0 Å². The molecule has 132 valence electrons. The van der Waals surface area contributed by atoms with Crippen LogP contribution in [0.15, 0.2) is 39.1 Å². The third-order valence-corrected chi connectivity index (χ3v) is 6.22. The van der Waals surface area contributed by atoms with E-state index in [2.05, 4.69) is 17.2 Å². The van der Waals surface area contributed by atoms with Gasteiger partial charge in [0.2, 0.25) is 5.91 Å². The summed E-state index contributed by atoms with van der Waals surface area (Å²) < 4.78 is 1.66. The van der Waals surface area contributed by atoms with Crippen molar-refractivity contribution in [2.75, 3.05) is 11.1 Å². The lowest BCUT2D eigenvalue weighted by molar-refractivity contribution is -0.113. The molecule has 1 aliphatic heterocycles. The van der Waals surface area contributed by atoms with Gasteiger partial charge in [-0.1, -0.05) is 36.9 Å². The van der Waals surface area contributed by atoms with Crippen molar-refractivity contribution in [2.24, 2.45) is 0 Å². The zero-order chi connectivity index (χ0) is 18.0. The monoisotopic (exact) mass is 375 g/mol. The summed E-state index contributed by atoms with van der Waals surface area (Å²) in [6.07, 6.45) is 0.808. The van der Waals surface area contributed by atoms with Crippen molar-refractivity contribution in [1.29, 1.82) is 0 Å². The van der Waals surface area contributed by atoms with Gasteiger partial charge >= 0.3 is 0 Å². The second-order valence-corrected chi connectivity index (χ2v) is 8.40. The number of fused-ring (bicyclic) bond motifs is 1. The Balaban J connectivity index is 1.74. The van der Waals surface area contributed by atoms with Gasteiger partial charge < -0.3 is 5.32 Å². The molecule has 1 amide bonds. The van der Waals surface area contributed by atoms with Crippen molar-refractivity contribution < 1.29 is 4.79 Å². The minimum atomic E-state index is -0.0977. The van der Waals surface area contributed by atoms with E-state index in [4.69, 9.17) is 0 Å². The molecular weight excluding hydrogens is 354 g/mol. The summed E-state index contributed by atoms with van der Waals surface area (Å²) in [4.78, 5) is 30.3. The zero-order valence-electron chi connectivity index (χ0n) is 14.5. The fourth-order valence-electron chi connectivity index (χ4n) is 2.75. The summed E-state index contributed by atoms with van der Waals surface area (Å²) in [7, 11) is 0. The molecule has 1 aromatic carbocycles. The number of carbonyl (C=O) groups excluding carboxylic acids is 1. The fourth-order valence-corrected chi connectivity index (χ4v) is 4.74. The van der Waals surface area contributed by atoms with Gasteiger partial charge in [-0.3, -0.25) is 14.2 Å². The largest absolute Gasteiger partial charge is 0.325 e. The number of anilines is 1. The average Bonchev–Trinajstić information content (AvgIpc) is 2.96. The minimum Gasteiger partial charge on any atom is -0.325 e. The number of nitrogens with zero attached hydrogens (tertiary/aromatic N) is 2. The van der Waals surface area contributed by atoms with E-state index in [0.717, 1.165) is 28.3 Å². The van der Waals surface area contributed by atoms with Gasteiger partial charge in [0.05, 0.1) is 16.3 Å². The predicted octanol–water partition coefficient (Wildman–Crippen LogP) is 3.34. The first kappa shape index (κ1) is 18.1. The molecule has 0 aliphatic carbocycles. The van der Waals surface area contributed by atoms with Crippen LogP contribution in [0.1, 0.15) is 25.1 Å². The van der Waals surface area contributed by atoms with E-state index in [1.54, 1.807) is 16.3 Å². The van der Waals surface area contributed by atoms with E-state index in [9.17, 15) is 9.59 Å².